The molecule has 4 rings (SSSR count). The van der Waals surface area contributed by atoms with Gasteiger partial charge in [0, 0.05) is 24.6 Å². The van der Waals surface area contributed by atoms with Crippen molar-refractivity contribution in [3.05, 3.63) is 65.0 Å². The molecule has 2 aromatic rings. The number of amides is 1. The Morgan fingerprint density at radius 3 is 1.91 bits per heavy atom. The van der Waals surface area contributed by atoms with Gasteiger partial charge in [-0.1, -0.05) is 30.3 Å². The summed E-state index contributed by atoms with van der Waals surface area (Å²) in [6.07, 6.45) is -12.2. The number of hydrogen-bond acceptors (Lipinski definition) is 4. The lowest BCUT2D eigenvalue weighted by Gasteiger charge is -2.33. The van der Waals surface area contributed by atoms with Crippen LogP contribution >= 0.6 is 0 Å². The van der Waals surface area contributed by atoms with Crippen molar-refractivity contribution in [3.8, 4) is 0 Å². The van der Waals surface area contributed by atoms with Crippen LogP contribution in [0.25, 0.3) is 0 Å². The van der Waals surface area contributed by atoms with Gasteiger partial charge in [-0.15, -0.1) is 0 Å². The van der Waals surface area contributed by atoms with E-state index < -0.39 is 79.1 Å². The lowest BCUT2D eigenvalue weighted by Crippen LogP contribution is -2.50. The standard InChI is InChI=1S/C28H27F8NO5S/c1-16-2-11-21(14-22(16)29)43(41,42)25(12-13-37(15-25)23(38)17-3-5-18(6-4-17)24(39)40)19-7-9-20(10-8-19)26(30,27(31,32)33)28(34,35)36/h2,7-11,14,17-18H,3-6,12-13,15H2,1H3,(H,39,40)/t17-,18-,25-/m1/s1. The fourth-order valence-corrected chi connectivity index (χ4v) is 7.97. The second kappa shape index (κ2) is 11.0. The van der Waals surface area contributed by atoms with Crippen LogP contribution in [0.4, 0.5) is 35.1 Å². The van der Waals surface area contributed by atoms with Crippen molar-refractivity contribution in [2.45, 2.75) is 66.7 Å². The Morgan fingerprint density at radius 1 is 0.884 bits per heavy atom. The molecule has 1 N–H and O–H groups in total. The average Bonchev–Trinajstić information content (AvgIpc) is 3.40. The maximum absolute atomic E-state index is 14.7. The number of carbonyl (C=O) groups is 2. The van der Waals surface area contributed by atoms with E-state index in [1.165, 1.54) is 17.9 Å². The van der Waals surface area contributed by atoms with Crippen LogP contribution in [0.2, 0.25) is 0 Å². The molecule has 0 spiro atoms. The van der Waals surface area contributed by atoms with Gasteiger partial charge < -0.3 is 10.0 Å². The molecule has 6 nitrogen and oxygen atoms in total. The molecular weight excluding hydrogens is 614 g/mol. The highest BCUT2D eigenvalue weighted by Gasteiger charge is 2.73. The molecule has 2 aromatic carbocycles. The largest absolute Gasteiger partial charge is 0.481 e. The van der Waals surface area contributed by atoms with Crippen LogP contribution in [0.1, 0.15) is 48.8 Å². The molecular formula is C28H27F8NO5S. The van der Waals surface area contributed by atoms with Gasteiger partial charge in [0.25, 0.3) is 0 Å². The van der Waals surface area contributed by atoms with Crippen molar-refractivity contribution < 1.29 is 58.2 Å². The second-order valence-electron chi connectivity index (χ2n) is 11.0. The number of sulfone groups is 1. The summed E-state index contributed by atoms with van der Waals surface area (Å²) >= 11 is 0. The average molecular weight is 642 g/mol. The SMILES string of the molecule is Cc1ccc(S(=O)(=O)[C@]2(c3ccc(C(F)(C(F)(F)F)C(F)(F)F)cc3)CCN(C(=O)[C@H]3CC[C@H](C(=O)O)CC3)C2)cc1F. The van der Waals surface area contributed by atoms with Crippen LogP contribution in [-0.2, 0) is 29.8 Å². The number of hydrogen-bond donors (Lipinski definition) is 1. The van der Waals surface area contributed by atoms with Gasteiger partial charge in [0.1, 0.15) is 10.6 Å². The van der Waals surface area contributed by atoms with Gasteiger partial charge in [-0.25, -0.2) is 17.2 Å². The molecule has 1 saturated heterocycles. The van der Waals surface area contributed by atoms with Crippen LogP contribution in [0.5, 0.6) is 0 Å². The summed E-state index contributed by atoms with van der Waals surface area (Å²) in [7, 11) is -4.66. The van der Waals surface area contributed by atoms with Crippen molar-refractivity contribution in [3.63, 3.8) is 0 Å². The van der Waals surface area contributed by atoms with Gasteiger partial charge >= 0.3 is 24.0 Å². The van der Waals surface area contributed by atoms with Crippen LogP contribution in [0, 0.1) is 24.6 Å². The summed E-state index contributed by atoms with van der Waals surface area (Å²) < 4.78 is 135. The van der Waals surface area contributed by atoms with Crippen LogP contribution < -0.4 is 0 Å². The molecule has 2 aliphatic rings. The fourth-order valence-electron chi connectivity index (χ4n) is 5.88. The van der Waals surface area contributed by atoms with Gasteiger partial charge in [-0.3, -0.25) is 9.59 Å². The maximum Gasteiger partial charge on any atom is 0.435 e. The summed E-state index contributed by atoms with van der Waals surface area (Å²) in [6, 6.07) is 4.73. The number of alkyl halides is 7. The van der Waals surface area contributed by atoms with E-state index in [0.717, 1.165) is 12.1 Å². The summed E-state index contributed by atoms with van der Waals surface area (Å²) in [5, 5.41) is 9.23. The predicted molar refractivity (Wildman–Crippen MR) is 136 cm³/mol. The molecule has 1 amide bonds. The second-order valence-corrected chi connectivity index (χ2v) is 13.3. The fraction of sp³-hybridized carbons (Fsp3) is 0.500. The summed E-state index contributed by atoms with van der Waals surface area (Å²) in [5.74, 6) is -3.62. The Hall–Kier alpha value is -3.23. The van der Waals surface area contributed by atoms with E-state index in [4.69, 9.17) is 0 Å². The van der Waals surface area contributed by atoms with E-state index in [1.54, 1.807) is 0 Å². The number of carboxylic acids is 1. The molecule has 15 heteroatoms. The van der Waals surface area contributed by atoms with Crippen LogP contribution in [0.3, 0.4) is 0 Å². The number of nitrogens with zero attached hydrogens (tertiary/aromatic N) is 1. The van der Waals surface area contributed by atoms with Crippen molar-refractivity contribution in [2.75, 3.05) is 13.1 Å². The molecule has 0 aromatic heterocycles. The summed E-state index contributed by atoms with van der Waals surface area (Å²) in [4.78, 5) is 25.3. The Bertz CT molecular complexity index is 1480. The van der Waals surface area contributed by atoms with Gasteiger partial charge in [-0.2, -0.15) is 26.3 Å². The Morgan fingerprint density at radius 2 is 1.42 bits per heavy atom. The lowest BCUT2D eigenvalue weighted by molar-refractivity contribution is -0.348. The zero-order chi connectivity index (χ0) is 32.2. The highest BCUT2D eigenvalue weighted by atomic mass is 32.2. The van der Waals surface area contributed by atoms with Crippen molar-refractivity contribution >= 4 is 21.7 Å². The third-order valence-corrected chi connectivity index (χ3v) is 11.0. The quantitative estimate of drug-likeness (QED) is 0.379. The topological polar surface area (TPSA) is 91.8 Å². The minimum absolute atomic E-state index is 0.108. The number of carbonyl (C=O) groups excluding carboxylic acids is 1. The van der Waals surface area contributed by atoms with E-state index in [2.05, 4.69) is 0 Å². The molecule has 0 radical (unpaired) electrons. The monoisotopic (exact) mass is 641 g/mol. The van der Waals surface area contributed by atoms with E-state index in [9.17, 15) is 58.2 Å². The molecule has 236 valence electrons. The Labute approximate surface area is 241 Å². The first-order chi connectivity index (χ1) is 19.8. The molecule has 1 aliphatic heterocycles. The third-order valence-electron chi connectivity index (χ3n) is 8.53. The first-order valence-electron chi connectivity index (χ1n) is 13.2. The lowest BCUT2D eigenvalue weighted by atomic mass is 9.81. The minimum Gasteiger partial charge on any atom is -0.481 e. The number of aliphatic carboxylic acids is 1. The molecule has 1 saturated carbocycles. The zero-order valence-corrected chi connectivity index (χ0v) is 23.4. The van der Waals surface area contributed by atoms with Crippen molar-refractivity contribution in [2.24, 2.45) is 11.8 Å². The number of halogens is 8. The highest BCUT2D eigenvalue weighted by Crippen LogP contribution is 2.54. The van der Waals surface area contributed by atoms with Gasteiger partial charge in [0.15, 0.2) is 9.84 Å². The molecule has 1 atom stereocenters. The normalized spacial score (nSPS) is 23.8. The van der Waals surface area contributed by atoms with Crippen molar-refractivity contribution in [1.82, 2.24) is 4.90 Å². The number of rotatable bonds is 6. The summed E-state index contributed by atoms with van der Waals surface area (Å²) in [6.45, 7) is 0.631. The predicted octanol–water partition coefficient (Wildman–Crippen LogP) is 6.22. The number of aryl methyl sites for hydroxylation is 1. The number of benzene rings is 2. The highest BCUT2D eigenvalue weighted by molar-refractivity contribution is 7.92. The smallest absolute Gasteiger partial charge is 0.435 e. The number of carboxylic acid groups (broad SMARTS) is 1. The maximum atomic E-state index is 14.7. The molecule has 43 heavy (non-hydrogen) atoms. The van der Waals surface area contributed by atoms with Gasteiger partial charge in [-0.05, 0) is 62.3 Å². The van der Waals surface area contributed by atoms with Gasteiger partial charge in [0.2, 0.25) is 5.91 Å². The Kier molecular flexibility index (Phi) is 8.39. The van der Waals surface area contributed by atoms with E-state index in [0.29, 0.717) is 12.1 Å². The van der Waals surface area contributed by atoms with E-state index >= 15 is 0 Å². The van der Waals surface area contributed by atoms with Gasteiger partial charge in [0.05, 0.1) is 10.8 Å². The third kappa shape index (κ3) is 5.48. The van der Waals surface area contributed by atoms with E-state index in [1.807, 2.05) is 0 Å². The van der Waals surface area contributed by atoms with E-state index in [-0.39, 0.29) is 61.9 Å². The summed E-state index contributed by atoms with van der Waals surface area (Å²) in [5.41, 5.74) is -7.76. The number of likely N-dealkylation sites (tertiary alicyclic amines) is 1. The molecule has 0 bridgehead atoms. The first kappa shape index (κ1) is 32.7. The zero-order valence-electron chi connectivity index (χ0n) is 22.6. The molecule has 1 heterocycles. The molecule has 0 unspecified atom stereocenters. The van der Waals surface area contributed by atoms with Crippen LogP contribution in [0.15, 0.2) is 47.4 Å². The Balaban J connectivity index is 1.77. The first-order valence-corrected chi connectivity index (χ1v) is 14.7. The molecule has 2 fully saturated rings. The van der Waals surface area contributed by atoms with Crippen molar-refractivity contribution in [1.29, 1.82) is 0 Å². The molecule has 1 aliphatic carbocycles. The van der Waals surface area contributed by atoms with Crippen LogP contribution in [-0.4, -0.2) is 55.7 Å². The minimum atomic E-state index is -6.38.